The summed E-state index contributed by atoms with van der Waals surface area (Å²) in [5, 5.41) is 7.19. The van der Waals surface area contributed by atoms with Crippen molar-refractivity contribution in [3.05, 3.63) is 206 Å². The molecule has 1 aromatic heterocycles. The molecule has 0 N–H and O–H groups in total. The summed E-state index contributed by atoms with van der Waals surface area (Å²) in [5.74, 6) is 0.698. The van der Waals surface area contributed by atoms with Crippen LogP contribution in [0.3, 0.4) is 0 Å². The van der Waals surface area contributed by atoms with Crippen LogP contribution in [0, 0.1) is 0 Å². The van der Waals surface area contributed by atoms with E-state index >= 15 is 0 Å². The Hall–Kier alpha value is -7.16. The minimum atomic E-state index is 0.698. The minimum absolute atomic E-state index is 0.698. The Balaban J connectivity index is 1.13. The first-order chi connectivity index (χ1) is 26.7. The minimum Gasteiger partial charge on any atom is -0.228 e. The van der Waals surface area contributed by atoms with E-state index in [0.29, 0.717) is 5.82 Å². The molecular formula is C52H34N2. The van der Waals surface area contributed by atoms with Gasteiger partial charge in [0, 0.05) is 16.7 Å². The van der Waals surface area contributed by atoms with Gasteiger partial charge in [0.1, 0.15) is 0 Å². The quantitative estimate of drug-likeness (QED) is 0.174. The lowest BCUT2D eigenvalue weighted by molar-refractivity contribution is 1.19. The fourth-order valence-corrected chi connectivity index (χ4v) is 7.77. The van der Waals surface area contributed by atoms with E-state index in [4.69, 9.17) is 9.97 Å². The second kappa shape index (κ2) is 13.4. The Labute approximate surface area is 314 Å². The fourth-order valence-electron chi connectivity index (χ4n) is 7.77. The number of aromatic nitrogens is 2. The first-order valence-corrected chi connectivity index (χ1v) is 18.4. The van der Waals surface area contributed by atoms with Crippen LogP contribution in [0.5, 0.6) is 0 Å². The Kier molecular flexibility index (Phi) is 7.85. The average molecular weight is 687 g/mol. The van der Waals surface area contributed by atoms with Gasteiger partial charge in [-0.25, -0.2) is 9.97 Å². The third-order valence-corrected chi connectivity index (χ3v) is 10.5. The third kappa shape index (κ3) is 5.81. The molecule has 0 unspecified atom stereocenters. The van der Waals surface area contributed by atoms with Crippen molar-refractivity contribution in [3.63, 3.8) is 0 Å². The molecule has 2 nitrogen and oxygen atoms in total. The third-order valence-electron chi connectivity index (χ3n) is 10.5. The molecule has 0 saturated heterocycles. The summed E-state index contributed by atoms with van der Waals surface area (Å²) in [6, 6.07) is 73.5. The van der Waals surface area contributed by atoms with Gasteiger partial charge in [-0.3, -0.25) is 0 Å². The molecule has 0 aliphatic heterocycles. The van der Waals surface area contributed by atoms with Crippen LogP contribution in [0.4, 0.5) is 0 Å². The zero-order valence-corrected chi connectivity index (χ0v) is 29.5. The lowest BCUT2D eigenvalue weighted by Gasteiger charge is -2.15. The summed E-state index contributed by atoms with van der Waals surface area (Å²) >= 11 is 0. The van der Waals surface area contributed by atoms with Gasteiger partial charge in [-0.05, 0) is 83.9 Å². The van der Waals surface area contributed by atoms with E-state index in [1.54, 1.807) is 0 Å². The van der Waals surface area contributed by atoms with Gasteiger partial charge in [0.05, 0.1) is 11.4 Å². The van der Waals surface area contributed by atoms with Crippen LogP contribution in [-0.4, -0.2) is 9.97 Å². The number of benzene rings is 9. The number of hydrogen-bond acceptors (Lipinski definition) is 2. The van der Waals surface area contributed by atoms with E-state index < -0.39 is 0 Å². The van der Waals surface area contributed by atoms with Crippen LogP contribution < -0.4 is 0 Å². The van der Waals surface area contributed by atoms with Crippen LogP contribution in [0.1, 0.15) is 0 Å². The number of fused-ring (bicyclic) bond motifs is 3. The Bertz CT molecular complexity index is 2960. The van der Waals surface area contributed by atoms with E-state index in [2.05, 4.69) is 206 Å². The molecule has 0 fully saturated rings. The highest BCUT2D eigenvalue weighted by Crippen LogP contribution is 2.38. The van der Waals surface area contributed by atoms with Crippen molar-refractivity contribution in [3.8, 4) is 67.3 Å². The first-order valence-electron chi connectivity index (χ1n) is 18.4. The van der Waals surface area contributed by atoms with Crippen LogP contribution in [0.2, 0.25) is 0 Å². The van der Waals surface area contributed by atoms with Crippen molar-refractivity contribution in [2.24, 2.45) is 0 Å². The topological polar surface area (TPSA) is 25.8 Å². The predicted molar refractivity (Wildman–Crippen MR) is 227 cm³/mol. The summed E-state index contributed by atoms with van der Waals surface area (Å²) in [6.45, 7) is 0. The Morgan fingerprint density at radius 1 is 0.259 bits per heavy atom. The Morgan fingerprint density at radius 2 is 0.778 bits per heavy atom. The van der Waals surface area contributed by atoms with Crippen molar-refractivity contribution in [1.82, 2.24) is 9.97 Å². The molecule has 0 radical (unpaired) electrons. The molecule has 0 atom stereocenters. The van der Waals surface area contributed by atoms with E-state index in [9.17, 15) is 0 Å². The number of rotatable bonds is 6. The van der Waals surface area contributed by atoms with Gasteiger partial charge in [0.25, 0.3) is 0 Å². The molecule has 0 aliphatic rings. The molecule has 0 saturated carbocycles. The predicted octanol–water partition coefficient (Wildman–Crippen LogP) is 13.9. The molecular weight excluding hydrogens is 653 g/mol. The van der Waals surface area contributed by atoms with Crippen LogP contribution in [0.25, 0.3) is 99.6 Å². The molecule has 252 valence electrons. The molecule has 10 aromatic rings. The second-order valence-electron chi connectivity index (χ2n) is 13.8. The van der Waals surface area contributed by atoms with Gasteiger partial charge < -0.3 is 0 Å². The lowest BCUT2D eigenvalue weighted by Crippen LogP contribution is -1.97. The van der Waals surface area contributed by atoms with Crippen LogP contribution in [0.15, 0.2) is 206 Å². The first kappa shape index (κ1) is 31.6. The molecule has 0 spiro atoms. The summed E-state index contributed by atoms with van der Waals surface area (Å²) in [5.41, 5.74) is 12.1. The van der Waals surface area contributed by atoms with E-state index in [0.717, 1.165) is 33.5 Å². The van der Waals surface area contributed by atoms with Gasteiger partial charge in [-0.15, -0.1) is 0 Å². The number of nitrogens with zero attached hydrogens (tertiary/aromatic N) is 2. The maximum absolute atomic E-state index is 5.34. The highest BCUT2D eigenvalue weighted by Gasteiger charge is 2.16. The van der Waals surface area contributed by atoms with Crippen molar-refractivity contribution in [2.45, 2.75) is 0 Å². The van der Waals surface area contributed by atoms with Gasteiger partial charge in [-0.1, -0.05) is 188 Å². The zero-order valence-electron chi connectivity index (χ0n) is 29.5. The molecule has 9 aromatic carbocycles. The van der Waals surface area contributed by atoms with Gasteiger partial charge in [-0.2, -0.15) is 0 Å². The summed E-state index contributed by atoms with van der Waals surface area (Å²) in [4.78, 5) is 10.6. The zero-order chi connectivity index (χ0) is 35.8. The van der Waals surface area contributed by atoms with Crippen molar-refractivity contribution < 1.29 is 0 Å². The molecule has 0 aliphatic carbocycles. The van der Waals surface area contributed by atoms with E-state index in [1.807, 2.05) is 0 Å². The number of hydrogen-bond donors (Lipinski definition) is 0. The molecule has 0 bridgehead atoms. The Morgan fingerprint density at radius 3 is 1.54 bits per heavy atom. The maximum atomic E-state index is 5.34. The molecule has 54 heavy (non-hydrogen) atoms. The summed E-state index contributed by atoms with van der Waals surface area (Å²) in [7, 11) is 0. The second-order valence-corrected chi connectivity index (χ2v) is 13.8. The van der Waals surface area contributed by atoms with Crippen LogP contribution in [-0.2, 0) is 0 Å². The maximum Gasteiger partial charge on any atom is 0.160 e. The van der Waals surface area contributed by atoms with Crippen molar-refractivity contribution in [1.29, 1.82) is 0 Å². The van der Waals surface area contributed by atoms with Crippen molar-refractivity contribution in [2.75, 3.05) is 0 Å². The lowest BCUT2D eigenvalue weighted by atomic mass is 9.92. The smallest absolute Gasteiger partial charge is 0.160 e. The van der Waals surface area contributed by atoms with E-state index in [-0.39, 0.29) is 0 Å². The van der Waals surface area contributed by atoms with E-state index in [1.165, 1.54) is 60.3 Å². The van der Waals surface area contributed by atoms with Gasteiger partial charge in [0.15, 0.2) is 5.82 Å². The van der Waals surface area contributed by atoms with Crippen LogP contribution >= 0.6 is 0 Å². The highest BCUT2D eigenvalue weighted by atomic mass is 14.9. The fraction of sp³-hybridized carbons (Fsp3) is 0. The standard InChI is InChI=1S/C52H34N2/c1-3-12-35(13-4-1)36-24-26-39(27-25-36)49-34-50(48-23-11-19-40-18-10-22-47(51(40)48)38-14-5-2-6-15-38)54-52(53-49)44-31-29-41-32-43(30-28-42(41)33-44)46-21-9-17-37-16-7-8-20-45(37)46/h1-34H. The van der Waals surface area contributed by atoms with Gasteiger partial charge >= 0.3 is 0 Å². The van der Waals surface area contributed by atoms with Crippen molar-refractivity contribution >= 4 is 32.3 Å². The highest BCUT2D eigenvalue weighted by molar-refractivity contribution is 6.06. The average Bonchev–Trinajstić information content (AvgIpc) is 3.26. The monoisotopic (exact) mass is 686 g/mol. The molecule has 1 heterocycles. The molecule has 0 amide bonds. The summed E-state index contributed by atoms with van der Waals surface area (Å²) in [6.07, 6.45) is 0. The molecule has 10 rings (SSSR count). The normalized spacial score (nSPS) is 11.3. The largest absolute Gasteiger partial charge is 0.228 e. The SMILES string of the molecule is c1ccc(-c2ccc(-c3cc(-c4cccc5cccc(-c6ccccc6)c45)nc(-c4ccc5cc(-c6cccc7ccccc67)ccc5c4)n3)cc2)cc1. The van der Waals surface area contributed by atoms with Gasteiger partial charge in [0.2, 0.25) is 0 Å². The molecule has 2 heteroatoms. The summed E-state index contributed by atoms with van der Waals surface area (Å²) < 4.78 is 0.